The fourth-order valence-electron chi connectivity index (χ4n) is 2.38. The number of halogens is 1. The molecule has 2 aromatic rings. The predicted molar refractivity (Wildman–Crippen MR) is 93.3 cm³/mol. The van der Waals surface area contributed by atoms with Gasteiger partial charge in [0.1, 0.15) is 11.4 Å². The van der Waals surface area contributed by atoms with Crippen LogP contribution in [-0.4, -0.2) is 34.9 Å². The lowest BCUT2D eigenvalue weighted by Gasteiger charge is -2.28. The number of carbonyl (C=O) groups excluding carboxylic acids is 1. The van der Waals surface area contributed by atoms with Crippen molar-refractivity contribution >= 4 is 29.0 Å². The Kier molecular flexibility index (Phi) is 5.74. The Morgan fingerprint density at radius 1 is 1.08 bits per heavy atom. The summed E-state index contributed by atoms with van der Waals surface area (Å²) < 4.78 is 4.79. The van der Waals surface area contributed by atoms with Gasteiger partial charge in [-0.3, -0.25) is 0 Å². The Morgan fingerprint density at radius 3 is 2.16 bits per heavy atom. The first kappa shape index (κ1) is 18.4. The molecule has 4 N–H and O–H groups in total. The minimum absolute atomic E-state index is 0.175. The Labute approximate surface area is 149 Å². The first-order valence-electron chi connectivity index (χ1n) is 7.12. The molecule has 0 saturated heterocycles. The molecule has 1 atom stereocenters. The number of esters is 1. The standard InChI is InChI=1S/C17H16ClN3O4/c1-25-16(22)17(19,12-7-9-13(18)10-8-12)15(21-24)14(20-23)11-5-3-2-4-6-11/h2-10,23-24H,19H2,1H3/b20-14+,21-15+. The molecule has 0 aliphatic rings. The summed E-state index contributed by atoms with van der Waals surface area (Å²) in [6.45, 7) is 0. The molecule has 7 nitrogen and oxygen atoms in total. The molecule has 0 amide bonds. The molecule has 0 bridgehead atoms. The van der Waals surface area contributed by atoms with Gasteiger partial charge in [0.25, 0.3) is 0 Å². The molecule has 0 aromatic heterocycles. The van der Waals surface area contributed by atoms with Crippen LogP contribution in [0.15, 0.2) is 64.9 Å². The van der Waals surface area contributed by atoms with Gasteiger partial charge in [-0.05, 0) is 17.7 Å². The highest BCUT2D eigenvalue weighted by molar-refractivity contribution is 6.53. The molecule has 1 unspecified atom stereocenters. The first-order valence-corrected chi connectivity index (χ1v) is 7.50. The number of nitrogens with zero attached hydrogens (tertiary/aromatic N) is 2. The Morgan fingerprint density at radius 2 is 1.68 bits per heavy atom. The second kappa shape index (κ2) is 7.78. The van der Waals surface area contributed by atoms with Crippen molar-refractivity contribution < 1.29 is 19.9 Å². The number of oxime groups is 2. The van der Waals surface area contributed by atoms with Crippen LogP contribution >= 0.6 is 11.6 Å². The van der Waals surface area contributed by atoms with Crippen LogP contribution in [0, 0.1) is 0 Å². The highest BCUT2D eigenvalue weighted by Crippen LogP contribution is 2.26. The molecule has 2 rings (SSSR count). The molecule has 0 aliphatic heterocycles. The minimum atomic E-state index is -2.02. The van der Waals surface area contributed by atoms with E-state index in [1.54, 1.807) is 30.3 Å². The first-order chi connectivity index (χ1) is 12.0. The van der Waals surface area contributed by atoms with Crippen LogP contribution in [0.1, 0.15) is 11.1 Å². The summed E-state index contributed by atoms with van der Waals surface area (Å²) in [5.41, 5.74) is 4.35. The van der Waals surface area contributed by atoms with E-state index in [1.807, 2.05) is 0 Å². The van der Waals surface area contributed by atoms with E-state index >= 15 is 0 Å². The third kappa shape index (κ3) is 3.47. The lowest BCUT2D eigenvalue weighted by atomic mass is 9.82. The number of hydrogen-bond acceptors (Lipinski definition) is 7. The maximum Gasteiger partial charge on any atom is 0.337 e. The van der Waals surface area contributed by atoms with Gasteiger partial charge in [-0.25, -0.2) is 4.79 Å². The van der Waals surface area contributed by atoms with Crippen molar-refractivity contribution in [3.8, 4) is 0 Å². The third-order valence-electron chi connectivity index (χ3n) is 3.65. The summed E-state index contributed by atoms with van der Waals surface area (Å²) in [6, 6.07) is 14.4. The van der Waals surface area contributed by atoms with Gasteiger partial charge in [-0.2, -0.15) is 0 Å². The summed E-state index contributed by atoms with van der Waals surface area (Å²) in [7, 11) is 1.15. The van der Waals surface area contributed by atoms with Gasteiger partial charge in [0.05, 0.1) is 7.11 Å². The van der Waals surface area contributed by atoms with Crippen molar-refractivity contribution in [1.29, 1.82) is 0 Å². The van der Waals surface area contributed by atoms with Crippen molar-refractivity contribution in [2.75, 3.05) is 7.11 Å². The second-order valence-electron chi connectivity index (χ2n) is 5.07. The smallest absolute Gasteiger partial charge is 0.337 e. The fourth-order valence-corrected chi connectivity index (χ4v) is 2.50. The van der Waals surface area contributed by atoms with Crippen LogP contribution in [-0.2, 0) is 15.1 Å². The number of hydrogen-bond donors (Lipinski definition) is 3. The normalized spacial score (nSPS) is 14.7. The quantitative estimate of drug-likeness (QED) is 0.327. The Balaban J connectivity index is 2.66. The topological polar surface area (TPSA) is 118 Å². The van der Waals surface area contributed by atoms with E-state index in [2.05, 4.69) is 10.3 Å². The maximum absolute atomic E-state index is 12.5. The zero-order chi connectivity index (χ0) is 18.4. The molecule has 2 aromatic carbocycles. The molecule has 0 radical (unpaired) electrons. The van der Waals surface area contributed by atoms with E-state index in [1.165, 1.54) is 24.3 Å². The molecule has 0 aliphatic carbocycles. The molecule has 0 spiro atoms. The SMILES string of the molecule is COC(=O)C(N)(C(=N/O)/C(=N/O)c1ccccc1)c1ccc(Cl)cc1. The molecular formula is C17H16ClN3O4. The van der Waals surface area contributed by atoms with E-state index in [-0.39, 0.29) is 17.0 Å². The maximum atomic E-state index is 12.5. The summed E-state index contributed by atoms with van der Waals surface area (Å²) >= 11 is 5.87. The molecular weight excluding hydrogens is 346 g/mol. The average molecular weight is 362 g/mol. The molecule has 25 heavy (non-hydrogen) atoms. The van der Waals surface area contributed by atoms with Gasteiger partial charge in [-0.15, -0.1) is 0 Å². The van der Waals surface area contributed by atoms with Crippen LogP contribution in [0.4, 0.5) is 0 Å². The minimum Gasteiger partial charge on any atom is -0.467 e. The van der Waals surface area contributed by atoms with Gasteiger partial charge < -0.3 is 20.9 Å². The highest BCUT2D eigenvalue weighted by Gasteiger charge is 2.46. The van der Waals surface area contributed by atoms with Crippen LogP contribution in [0.5, 0.6) is 0 Å². The van der Waals surface area contributed by atoms with Crippen LogP contribution in [0.25, 0.3) is 0 Å². The molecule has 8 heteroatoms. The van der Waals surface area contributed by atoms with Gasteiger partial charge in [-0.1, -0.05) is 64.4 Å². The van der Waals surface area contributed by atoms with Gasteiger partial charge in [0.2, 0.25) is 0 Å². The second-order valence-corrected chi connectivity index (χ2v) is 5.51. The highest BCUT2D eigenvalue weighted by atomic mass is 35.5. The van der Waals surface area contributed by atoms with Crippen LogP contribution in [0.2, 0.25) is 5.02 Å². The van der Waals surface area contributed by atoms with Crippen molar-refractivity contribution in [3.05, 3.63) is 70.7 Å². The van der Waals surface area contributed by atoms with E-state index in [0.717, 1.165) is 7.11 Å². The lowest BCUT2D eigenvalue weighted by molar-refractivity contribution is -0.144. The molecule has 0 saturated carbocycles. The van der Waals surface area contributed by atoms with Crippen molar-refractivity contribution in [1.82, 2.24) is 0 Å². The summed E-state index contributed by atoms with van der Waals surface area (Å²) in [5, 5.41) is 25.8. The van der Waals surface area contributed by atoms with Gasteiger partial charge >= 0.3 is 5.97 Å². The Bertz CT molecular complexity index is 806. The van der Waals surface area contributed by atoms with Crippen LogP contribution in [0.3, 0.4) is 0 Å². The summed E-state index contributed by atoms with van der Waals surface area (Å²) in [6.07, 6.45) is 0. The van der Waals surface area contributed by atoms with E-state index < -0.39 is 11.5 Å². The van der Waals surface area contributed by atoms with Crippen molar-refractivity contribution in [3.63, 3.8) is 0 Å². The van der Waals surface area contributed by atoms with Crippen LogP contribution < -0.4 is 5.73 Å². The fraction of sp³-hybridized carbons (Fsp3) is 0.118. The lowest BCUT2D eigenvalue weighted by Crippen LogP contribution is -2.55. The van der Waals surface area contributed by atoms with Crippen molar-refractivity contribution in [2.45, 2.75) is 5.54 Å². The zero-order valence-electron chi connectivity index (χ0n) is 13.3. The van der Waals surface area contributed by atoms with E-state index in [9.17, 15) is 15.2 Å². The number of nitrogens with two attached hydrogens (primary N) is 1. The third-order valence-corrected chi connectivity index (χ3v) is 3.90. The number of benzene rings is 2. The molecule has 0 fully saturated rings. The zero-order valence-corrected chi connectivity index (χ0v) is 14.0. The van der Waals surface area contributed by atoms with E-state index in [0.29, 0.717) is 10.6 Å². The molecule has 0 heterocycles. The predicted octanol–water partition coefficient (Wildman–Crippen LogP) is 2.38. The average Bonchev–Trinajstić information content (AvgIpc) is 2.65. The number of rotatable bonds is 5. The number of methoxy groups -OCH3 is 1. The van der Waals surface area contributed by atoms with Gasteiger partial charge in [0.15, 0.2) is 5.54 Å². The van der Waals surface area contributed by atoms with E-state index in [4.69, 9.17) is 22.1 Å². The largest absolute Gasteiger partial charge is 0.467 e. The summed E-state index contributed by atoms with van der Waals surface area (Å²) in [5.74, 6) is -0.903. The monoisotopic (exact) mass is 361 g/mol. The van der Waals surface area contributed by atoms with Crippen molar-refractivity contribution in [2.24, 2.45) is 16.0 Å². The number of ether oxygens (including phenoxy) is 1. The molecule has 130 valence electrons. The Hall–Kier alpha value is -2.90. The van der Waals surface area contributed by atoms with Gasteiger partial charge in [0, 0.05) is 10.6 Å². The number of carbonyl (C=O) groups is 1. The summed E-state index contributed by atoms with van der Waals surface area (Å²) in [4.78, 5) is 12.5.